The molecule has 0 aromatic heterocycles. The summed E-state index contributed by atoms with van der Waals surface area (Å²) >= 11 is 3.62. The zero-order valence-electron chi connectivity index (χ0n) is 9.75. The molecule has 1 atom stereocenters. The van der Waals surface area contributed by atoms with E-state index in [2.05, 4.69) is 26.7 Å². The summed E-state index contributed by atoms with van der Waals surface area (Å²) in [7, 11) is 0. The van der Waals surface area contributed by atoms with Crippen molar-refractivity contribution in [3.63, 3.8) is 0 Å². The van der Waals surface area contributed by atoms with Gasteiger partial charge in [0.05, 0.1) is 0 Å². The van der Waals surface area contributed by atoms with Crippen molar-refractivity contribution in [2.45, 2.75) is 32.8 Å². The van der Waals surface area contributed by atoms with Crippen molar-refractivity contribution in [3.8, 4) is 0 Å². The van der Waals surface area contributed by atoms with Crippen molar-refractivity contribution < 1.29 is 24.3 Å². The SMILES string of the molecule is [CH2-][C@H]1CCN(C(=O)OC(C)(C)C)C1.[Zn+][I]. The van der Waals surface area contributed by atoms with Crippen molar-refractivity contribution >= 4 is 25.8 Å². The van der Waals surface area contributed by atoms with E-state index < -0.39 is 5.60 Å². The Balaban J connectivity index is 0.000000921. The molecule has 1 aliphatic rings. The summed E-state index contributed by atoms with van der Waals surface area (Å²) in [5.74, 6) is 0.368. The minimum absolute atomic E-state index is 0.210. The zero-order chi connectivity index (χ0) is 12.1. The van der Waals surface area contributed by atoms with Crippen LogP contribution in [0.25, 0.3) is 0 Å². The van der Waals surface area contributed by atoms with E-state index >= 15 is 0 Å². The van der Waals surface area contributed by atoms with Crippen molar-refractivity contribution in [1.82, 2.24) is 4.90 Å². The number of ether oxygens (including phenoxy) is 1. The van der Waals surface area contributed by atoms with E-state index in [1.807, 2.05) is 20.8 Å². The molecule has 1 fully saturated rings. The Kier molecular flexibility index (Phi) is 7.34. The van der Waals surface area contributed by atoms with Crippen molar-refractivity contribution in [2.24, 2.45) is 5.92 Å². The van der Waals surface area contributed by atoms with Crippen LogP contribution in [0.3, 0.4) is 0 Å². The monoisotopic (exact) mass is 375 g/mol. The Hall–Kier alpha value is 0.623. The van der Waals surface area contributed by atoms with Crippen LogP contribution in [0.15, 0.2) is 0 Å². The quantitative estimate of drug-likeness (QED) is 0.370. The van der Waals surface area contributed by atoms with Gasteiger partial charge in [0, 0.05) is 6.54 Å². The van der Waals surface area contributed by atoms with Gasteiger partial charge in [0.2, 0.25) is 0 Å². The van der Waals surface area contributed by atoms with E-state index in [9.17, 15) is 4.79 Å². The molecule has 3 nitrogen and oxygen atoms in total. The molecule has 0 aliphatic carbocycles. The van der Waals surface area contributed by atoms with Gasteiger partial charge >= 0.3 is 40.6 Å². The maximum absolute atomic E-state index is 11.5. The number of hydrogen-bond donors (Lipinski definition) is 0. The minimum atomic E-state index is -0.393. The molecule has 0 radical (unpaired) electrons. The van der Waals surface area contributed by atoms with Gasteiger partial charge in [-0.3, -0.25) is 0 Å². The van der Waals surface area contributed by atoms with Crippen LogP contribution in [0.2, 0.25) is 0 Å². The molecular weight excluding hydrogens is 358 g/mol. The molecule has 1 rings (SSSR count). The van der Waals surface area contributed by atoms with E-state index in [-0.39, 0.29) is 6.09 Å². The van der Waals surface area contributed by atoms with Gasteiger partial charge in [-0.05, 0) is 27.3 Å². The first-order valence-electron chi connectivity index (χ1n) is 4.96. The van der Waals surface area contributed by atoms with E-state index in [0.29, 0.717) is 5.92 Å². The Labute approximate surface area is 113 Å². The third kappa shape index (κ3) is 6.72. The number of halogens is 1. The second-order valence-electron chi connectivity index (χ2n) is 4.58. The molecule has 0 aromatic rings. The van der Waals surface area contributed by atoms with E-state index in [0.717, 1.165) is 19.5 Å². The average Bonchev–Trinajstić information content (AvgIpc) is 2.52. The second-order valence-corrected chi connectivity index (χ2v) is 4.58. The standard InChI is InChI=1S/C10H18NO2.HI.Zn/c1-8-5-6-11(7-8)9(12)13-10(2,3)4;;/h8H,1,5-7H2,2-4H3;1H;/q-1;;+2/p-1/t8-;;/m0../s1. The molecule has 0 aromatic carbocycles. The normalized spacial score (nSPS) is 20.7. The maximum atomic E-state index is 11.5. The van der Waals surface area contributed by atoms with E-state index in [1.165, 1.54) is 14.8 Å². The van der Waals surface area contributed by atoms with Gasteiger partial charge in [0.15, 0.2) is 0 Å². The number of likely N-dealkylation sites (tertiary alicyclic amines) is 1. The first-order valence-corrected chi connectivity index (χ1v) is 14.0. The van der Waals surface area contributed by atoms with Crippen LogP contribution in [0.5, 0.6) is 0 Å². The van der Waals surface area contributed by atoms with E-state index in [1.54, 1.807) is 4.90 Å². The van der Waals surface area contributed by atoms with Crippen LogP contribution in [-0.4, -0.2) is 29.7 Å². The molecule has 0 bridgehead atoms. The average molecular weight is 377 g/mol. The summed E-state index contributed by atoms with van der Waals surface area (Å²) in [5, 5.41) is 0. The van der Waals surface area contributed by atoms with Crippen LogP contribution in [0.1, 0.15) is 27.2 Å². The predicted molar refractivity (Wildman–Crippen MR) is 65.3 cm³/mol. The van der Waals surface area contributed by atoms with Gasteiger partial charge in [0.25, 0.3) is 0 Å². The van der Waals surface area contributed by atoms with Crippen LogP contribution >= 0.6 is 19.8 Å². The van der Waals surface area contributed by atoms with Gasteiger partial charge in [-0.15, -0.1) is 5.92 Å². The van der Waals surface area contributed by atoms with Gasteiger partial charge in [-0.1, -0.05) is 6.42 Å². The van der Waals surface area contributed by atoms with Crippen LogP contribution in [0.4, 0.5) is 4.79 Å². The number of carbonyl (C=O) groups is 1. The second kappa shape index (κ2) is 7.05. The Morgan fingerprint density at radius 1 is 1.53 bits per heavy atom. The number of amides is 1. The molecule has 1 amide bonds. The molecular formula is C10H18INO2Zn. The first-order chi connectivity index (χ1) is 6.88. The summed E-state index contributed by atoms with van der Waals surface area (Å²) in [6.45, 7) is 11.1. The van der Waals surface area contributed by atoms with Crippen molar-refractivity contribution in [2.75, 3.05) is 13.1 Å². The van der Waals surface area contributed by atoms with Crippen LogP contribution in [0, 0.1) is 12.8 Å². The third-order valence-corrected chi connectivity index (χ3v) is 1.94. The summed E-state index contributed by atoms with van der Waals surface area (Å²) in [6.07, 6.45) is 0.776. The summed E-state index contributed by atoms with van der Waals surface area (Å²) in [6, 6.07) is 0. The number of rotatable bonds is 0. The third-order valence-electron chi connectivity index (χ3n) is 1.94. The first kappa shape index (κ1) is 15.6. The number of nitrogens with zero attached hydrogens (tertiary/aromatic N) is 1. The van der Waals surface area contributed by atoms with Crippen LogP contribution < -0.4 is 0 Å². The summed E-state index contributed by atoms with van der Waals surface area (Å²) < 4.78 is 5.23. The fraction of sp³-hybridized carbons (Fsp3) is 0.800. The van der Waals surface area contributed by atoms with Crippen molar-refractivity contribution in [1.29, 1.82) is 0 Å². The number of hydrogen-bond acceptors (Lipinski definition) is 2. The fourth-order valence-corrected chi connectivity index (χ4v) is 1.32. The van der Waals surface area contributed by atoms with Gasteiger partial charge < -0.3 is 16.6 Å². The molecule has 1 saturated heterocycles. The van der Waals surface area contributed by atoms with Gasteiger partial charge in [0.1, 0.15) is 5.60 Å². The number of carbonyl (C=O) groups excluding carboxylic acids is 1. The fourth-order valence-electron chi connectivity index (χ4n) is 1.32. The molecule has 0 N–H and O–H groups in total. The Morgan fingerprint density at radius 3 is 2.40 bits per heavy atom. The molecule has 84 valence electrons. The molecule has 0 spiro atoms. The summed E-state index contributed by atoms with van der Waals surface area (Å²) in [4.78, 5) is 13.2. The molecule has 0 unspecified atom stereocenters. The van der Waals surface area contributed by atoms with E-state index in [4.69, 9.17) is 4.74 Å². The zero-order valence-corrected chi connectivity index (χ0v) is 14.9. The molecule has 1 aliphatic heterocycles. The topological polar surface area (TPSA) is 29.5 Å². The molecule has 15 heavy (non-hydrogen) atoms. The summed E-state index contributed by atoms with van der Waals surface area (Å²) in [5.41, 5.74) is -0.393. The van der Waals surface area contributed by atoms with Crippen LogP contribution in [-0.2, 0) is 19.5 Å². The predicted octanol–water partition coefficient (Wildman–Crippen LogP) is 2.96. The molecule has 0 saturated carbocycles. The molecule has 5 heteroatoms. The van der Waals surface area contributed by atoms with Gasteiger partial charge in [-0.25, -0.2) is 4.79 Å². The molecule has 1 heterocycles. The Bertz CT molecular complexity index is 206. The van der Waals surface area contributed by atoms with Gasteiger partial charge in [-0.2, -0.15) is 0 Å². The Morgan fingerprint density at radius 2 is 2.07 bits per heavy atom. The van der Waals surface area contributed by atoms with Crippen molar-refractivity contribution in [3.05, 3.63) is 6.92 Å².